The fourth-order valence-electron chi connectivity index (χ4n) is 2.98. The van der Waals surface area contributed by atoms with E-state index in [1.54, 1.807) is 7.11 Å². The third-order valence-electron chi connectivity index (χ3n) is 4.52. The van der Waals surface area contributed by atoms with Crippen LogP contribution in [0.4, 0.5) is 0 Å². The van der Waals surface area contributed by atoms with Gasteiger partial charge in [-0.3, -0.25) is 0 Å². The van der Waals surface area contributed by atoms with E-state index in [4.69, 9.17) is 4.74 Å². The van der Waals surface area contributed by atoms with Crippen LogP contribution in [0, 0.1) is 5.92 Å². The smallest absolute Gasteiger partial charge is 0.118 e. The fourth-order valence-corrected chi connectivity index (χ4v) is 2.98. The quantitative estimate of drug-likeness (QED) is 0.826. The Balaban J connectivity index is 1.37. The van der Waals surface area contributed by atoms with Crippen molar-refractivity contribution in [2.75, 3.05) is 33.3 Å². The fraction of sp³-hybridized carbons (Fsp3) is 0.647. The third kappa shape index (κ3) is 3.97. The van der Waals surface area contributed by atoms with Crippen molar-refractivity contribution < 1.29 is 4.74 Å². The highest BCUT2D eigenvalue weighted by molar-refractivity contribution is 5.27. The van der Waals surface area contributed by atoms with Crippen LogP contribution in [0.3, 0.4) is 0 Å². The monoisotopic (exact) mass is 274 g/mol. The first-order valence-electron chi connectivity index (χ1n) is 7.92. The van der Waals surface area contributed by atoms with Crippen molar-refractivity contribution >= 4 is 0 Å². The van der Waals surface area contributed by atoms with Gasteiger partial charge in [0.2, 0.25) is 0 Å². The Kier molecular flexibility index (Phi) is 4.58. The van der Waals surface area contributed by atoms with Gasteiger partial charge in [0, 0.05) is 19.1 Å². The van der Waals surface area contributed by atoms with Gasteiger partial charge in [-0.25, -0.2) is 0 Å². The van der Waals surface area contributed by atoms with Crippen molar-refractivity contribution in [1.29, 1.82) is 0 Å². The van der Waals surface area contributed by atoms with E-state index in [0.717, 1.165) is 24.1 Å². The van der Waals surface area contributed by atoms with Gasteiger partial charge in [0.1, 0.15) is 5.75 Å². The molecule has 1 aliphatic heterocycles. The molecule has 1 aromatic carbocycles. The summed E-state index contributed by atoms with van der Waals surface area (Å²) in [5.41, 5.74) is 1.41. The summed E-state index contributed by atoms with van der Waals surface area (Å²) in [6, 6.07) is 9.33. The lowest BCUT2D eigenvalue weighted by atomic mass is 10.1. The topological polar surface area (TPSA) is 24.5 Å². The van der Waals surface area contributed by atoms with Crippen molar-refractivity contribution in [3.63, 3.8) is 0 Å². The molecule has 110 valence electrons. The van der Waals surface area contributed by atoms with Gasteiger partial charge in [0.25, 0.3) is 0 Å². The Labute approximate surface area is 122 Å². The van der Waals surface area contributed by atoms with Gasteiger partial charge in [0.05, 0.1) is 7.11 Å². The molecule has 1 unspecified atom stereocenters. The van der Waals surface area contributed by atoms with Gasteiger partial charge in [-0.1, -0.05) is 12.1 Å². The van der Waals surface area contributed by atoms with Gasteiger partial charge in [0.15, 0.2) is 0 Å². The van der Waals surface area contributed by atoms with E-state index >= 15 is 0 Å². The number of hydrogen-bond acceptors (Lipinski definition) is 3. The summed E-state index contributed by atoms with van der Waals surface area (Å²) in [6.07, 6.45) is 5.30. The molecule has 3 rings (SSSR count). The minimum atomic E-state index is 0.850. The number of ether oxygens (including phenoxy) is 1. The minimum absolute atomic E-state index is 0.850. The maximum Gasteiger partial charge on any atom is 0.118 e. The Morgan fingerprint density at radius 1 is 1.20 bits per heavy atom. The molecule has 1 saturated carbocycles. The van der Waals surface area contributed by atoms with Gasteiger partial charge in [-0.2, -0.15) is 0 Å². The number of hydrogen-bond donors (Lipinski definition) is 1. The molecule has 0 amide bonds. The van der Waals surface area contributed by atoms with Crippen LogP contribution in [0.2, 0.25) is 0 Å². The summed E-state index contributed by atoms with van der Waals surface area (Å²) in [5, 5.41) is 3.66. The van der Waals surface area contributed by atoms with Crippen LogP contribution in [-0.2, 0) is 6.42 Å². The van der Waals surface area contributed by atoms with Crippen LogP contribution in [0.15, 0.2) is 24.3 Å². The summed E-state index contributed by atoms with van der Waals surface area (Å²) < 4.78 is 5.20. The molecule has 1 aliphatic carbocycles. The molecule has 1 atom stereocenters. The molecule has 1 aromatic rings. The lowest BCUT2D eigenvalue weighted by Gasteiger charge is -2.16. The molecule has 1 N–H and O–H groups in total. The van der Waals surface area contributed by atoms with Gasteiger partial charge < -0.3 is 15.0 Å². The van der Waals surface area contributed by atoms with Crippen LogP contribution in [-0.4, -0.2) is 44.2 Å². The zero-order valence-corrected chi connectivity index (χ0v) is 12.5. The summed E-state index contributed by atoms with van der Waals surface area (Å²) in [5.74, 6) is 1.81. The Bertz CT molecular complexity index is 414. The molecule has 2 fully saturated rings. The molecule has 0 radical (unpaired) electrons. The highest BCUT2D eigenvalue weighted by Gasteiger charge is 2.25. The van der Waals surface area contributed by atoms with Gasteiger partial charge in [-0.15, -0.1) is 0 Å². The first-order chi connectivity index (χ1) is 9.83. The molecule has 0 bridgehead atoms. The number of methoxy groups -OCH3 is 1. The summed E-state index contributed by atoms with van der Waals surface area (Å²) in [7, 11) is 1.72. The summed E-state index contributed by atoms with van der Waals surface area (Å²) >= 11 is 0. The normalized spacial score (nSPS) is 23.1. The van der Waals surface area contributed by atoms with E-state index in [1.807, 2.05) is 0 Å². The highest BCUT2D eigenvalue weighted by Crippen LogP contribution is 2.21. The van der Waals surface area contributed by atoms with Crippen LogP contribution in [0.5, 0.6) is 5.75 Å². The summed E-state index contributed by atoms with van der Waals surface area (Å²) in [6.45, 7) is 4.96. The second-order valence-electron chi connectivity index (χ2n) is 6.24. The third-order valence-corrected chi connectivity index (χ3v) is 4.52. The zero-order valence-electron chi connectivity index (χ0n) is 12.5. The molecular formula is C17H26N2O. The number of nitrogens with zero attached hydrogens (tertiary/aromatic N) is 1. The van der Waals surface area contributed by atoms with E-state index in [2.05, 4.69) is 34.5 Å². The lowest BCUT2D eigenvalue weighted by molar-refractivity contribution is 0.325. The molecule has 20 heavy (non-hydrogen) atoms. The SMILES string of the molecule is COc1ccc(CCN2CCC(CNC3CC3)C2)cc1. The van der Waals surface area contributed by atoms with E-state index < -0.39 is 0 Å². The Morgan fingerprint density at radius 2 is 2.00 bits per heavy atom. The molecule has 1 heterocycles. The van der Waals surface area contributed by atoms with E-state index in [0.29, 0.717) is 0 Å². The minimum Gasteiger partial charge on any atom is -0.497 e. The molecule has 3 nitrogen and oxygen atoms in total. The highest BCUT2D eigenvalue weighted by atomic mass is 16.5. The zero-order chi connectivity index (χ0) is 13.8. The average molecular weight is 274 g/mol. The second kappa shape index (κ2) is 6.59. The van der Waals surface area contributed by atoms with Crippen molar-refractivity contribution in [2.24, 2.45) is 5.92 Å². The number of benzene rings is 1. The second-order valence-corrected chi connectivity index (χ2v) is 6.24. The van der Waals surface area contributed by atoms with Crippen LogP contribution >= 0.6 is 0 Å². The molecule has 1 saturated heterocycles. The van der Waals surface area contributed by atoms with E-state index in [1.165, 1.54) is 51.0 Å². The molecule has 3 heteroatoms. The number of likely N-dealkylation sites (tertiary alicyclic amines) is 1. The predicted octanol–water partition coefficient (Wildman–Crippen LogP) is 2.31. The number of nitrogens with one attached hydrogen (secondary N) is 1. The van der Waals surface area contributed by atoms with Crippen molar-refractivity contribution in [3.05, 3.63) is 29.8 Å². The molecule has 0 aromatic heterocycles. The average Bonchev–Trinajstić information content (AvgIpc) is 3.22. The van der Waals surface area contributed by atoms with Crippen molar-refractivity contribution in [2.45, 2.75) is 31.7 Å². The van der Waals surface area contributed by atoms with E-state index in [9.17, 15) is 0 Å². The first-order valence-corrected chi connectivity index (χ1v) is 7.92. The van der Waals surface area contributed by atoms with Gasteiger partial charge >= 0.3 is 0 Å². The van der Waals surface area contributed by atoms with Crippen LogP contribution < -0.4 is 10.1 Å². The number of rotatable bonds is 7. The van der Waals surface area contributed by atoms with Crippen molar-refractivity contribution in [3.8, 4) is 5.75 Å². The lowest BCUT2D eigenvalue weighted by Crippen LogP contribution is -2.28. The Hall–Kier alpha value is -1.06. The van der Waals surface area contributed by atoms with Crippen LogP contribution in [0.25, 0.3) is 0 Å². The van der Waals surface area contributed by atoms with Crippen LogP contribution in [0.1, 0.15) is 24.8 Å². The molecule has 0 spiro atoms. The molecular weight excluding hydrogens is 248 g/mol. The maximum absolute atomic E-state index is 5.20. The maximum atomic E-state index is 5.20. The van der Waals surface area contributed by atoms with E-state index in [-0.39, 0.29) is 0 Å². The molecule has 2 aliphatic rings. The first kappa shape index (κ1) is 13.9. The van der Waals surface area contributed by atoms with Gasteiger partial charge in [-0.05, 0) is 62.4 Å². The summed E-state index contributed by atoms with van der Waals surface area (Å²) in [4.78, 5) is 2.61. The Morgan fingerprint density at radius 3 is 2.70 bits per heavy atom. The van der Waals surface area contributed by atoms with Crippen molar-refractivity contribution in [1.82, 2.24) is 10.2 Å². The largest absolute Gasteiger partial charge is 0.497 e. The standard InChI is InChI=1S/C17H26N2O/c1-20-17-6-2-14(3-7-17)8-10-19-11-9-15(13-19)12-18-16-4-5-16/h2-3,6-7,15-16,18H,4-5,8-13H2,1H3. The predicted molar refractivity (Wildman–Crippen MR) is 82.3 cm³/mol.